The molecule has 0 heterocycles. The van der Waals surface area contributed by atoms with Crippen molar-refractivity contribution in [1.29, 1.82) is 0 Å². The summed E-state index contributed by atoms with van der Waals surface area (Å²) in [6.45, 7) is 1.05. The highest BCUT2D eigenvalue weighted by atomic mass is 32.2. The van der Waals surface area contributed by atoms with E-state index < -0.39 is 28.2 Å². The first-order chi connectivity index (χ1) is 12.9. The summed E-state index contributed by atoms with van der Waals surface area (Å²) in [6, 6.07) is 20.1. The fraction of sp³-hybridized carbons (Fsp3) is 0.0952. The van der Waals surface area contributed by atoms with Crippen LogP contribution in [0.25, 0.3) is 11.1 Å². The highest BCUT2D eigenvalue weighted by molar-refractivity contribution is 7.89. The van der Waals surface area contributed by atoms with Gasteiger partial charge in [-0.25, -0.2) is 17.5 Å². The lowest BCUT2D eigenvalue weighted by molar-refractivity contribution is 0.0993. The number of carbonyl (C=O) groups excluding carboxylic acids is 1. The van der Waals surface area contributed by atoms with E-state index in [1.54, 1.807) is 31.2 Å². The van der Waals surface area contributed by atoms with Gasteiger partial charge in [-0.2, -0.15) is 0 Å². The molecule has 0 saturated carbocycles. The SMILES string of the molecule is Cc1cc(-c2ccccc2)cc(C(=O)CNS(=O)(=O)c2ccccc2)c1F. The normalized spacial score (nSPS) is 11.3. The first kappa shape index (κ1) is 18.9. The molecular weight excluding hydrogens is 365 g/mol. The van der Waals surface area contributed by atoms with Crippen molar-refractivity contribution in [2.24, 2.45) is 0 Å². The zero-order valence-corrected chi connectivity index (χ0v) is 15.5. The molecule has 4 nitrogen and oxygen atoms in total. The Hall–Kier alpha value is -2.83. The maximum absolute atomic E-state index is 14.5. The second-order valence-electron chi connectivity index (χ2n) is 6.08. The Bertz CT molecular complexity index is 1070. The van der Waals surface area contributed by atoms with Crippen molar-refractivity contribution < 1.29 is 17.6 Å². The minimum absolute atomic E-state index is 0.0486. The van der Waals surface area contributed by atoms with Crippen molar-refractivity contribution in [2.75, 3.05) is 6.54 Å². The first-order valence-electron chi connectivity index (χ1n) is 8.32. The fourth-order valence-electron chi connectivity index (χ4n) is 2.71. The summed E-state index contributed by atoms with van der Waals surface area (Å²) < 4.78 is 41.2. The Morgan fingerprint density at radius 2 is 1.52 bits per heavy atom. The monoisotopic (exact) mass is 383 g/mol. The third kappa shape index (κ3) is 4.30. The number of aryl methyl sites for hydroxylation is 1. The number of carbonyl (C=O) groups is 1. The number of rotatable bonds is 6. The molecule has 0 spiro atoms. The summed E-state index contributed by atoms with van der Waals surface area (Å²) in [5.41, 5.74) is 1.73. The average Bonchev–Trinajstić information content (AvgIpc) is 2.69. The maximum Gasteiger partial charge on any atom is 0.240 e. The van der Waals surface area contributed by atoms with Gasteiger partial charge in [0, 0.05) is 0 Å². The molecule has 3 aromatic carbocycles. The van der Waals surface area contributed by atoms with Gasteiger partial charge >= 0.3 is 0 Å². The van der Waals surface area contributed by atoms with E-state index in [4.69, 9.17) is 0 Å². The molecular formula is C21H18FNO3S. The number of ketones is 1. The number of nitrogens with one attached hydrogen (secondary N) is 1. The molecule has 3 aromatic rings. The lowest BCUT2D eigenvalue weighted by atomic mass is 9.98. The Morgan fingerprint density at radius 1 is 0.926 bits per heavy atom. The smallest absolute Gasteiger partial charge is 0.240 e. The minimum Gasteiger partial charge on any atom is -0.293 e. The third-order valence-electron chi connectivity index (χ3n) is 4.14. The maximum atomic E-state index is 14.5. The minimum atomic E-state index is -3.84. The summed E-state index contributed by atoms with van der Waals surface area (Å²) in [5, 5.41) is 0. The molecule has 0 bridgehead atoms. The van der Waals surface area contributed by atoms with E-state index >= 15 is 0 Å². The second-order valence-corrected chi connectivity index (χ2v) is 7.85. The van der Waals surface area contributed by atoms with Gasteiger partial charge in [-0.1, -0.05) is 48.5 Å². The Kier molecular flexibility index (Phi) is 5.48. The topological polar surface area (TPSA) is 63.2 Å². The molecule has 0 atom stereocenters. The van der Waals surface area contributed by atoms with Crippen LogP contribution in [0.15, 0.2) is 77.7 Å². The van der Waals surface area contributed by atoms with Crippen molar-refractivity contribution in [2.45, 2.75) is 11.8 Å². The van der Waals surface area contributed by atoms with Crippen LogP contribution in [0.1, 0.15) is 15.9 Å². The molecule has 0 aliphatic rings. The van der Waals surface area contributed by atoms with Crippen LogP contribution in [0.3, 0.4) is 0 Å². The summed E-state index contributed by atoms with van der Waals surface area (Å²) in [4.78, 5) is 12.6. The summed E-state index contributed by atoms with van der Waals surface area (Å²) in [6.07, 6.45) is 0. The molecule has 0 unspecified atom stereocenters. The van der Waals surface area contributed by atoms with Crippen molar-refractivity contribution in [3.05, 3.63) is 89.7 Å². The van der Waals surface area contributed by atoms with Gasteiger partial charge in [0.15, 0.2) is 5.78 Å². The Morgan fingerprint density at radius 3 is 2.15 bits per heavy atom. The van der Waals surface area contributed by atoms with E-state index in [-0.39, 0.29) is 10.5 Å². The highest BCUT2D eigenvalue weighted by Gasteiger charge is 2.19. The van der Waals surface area contributed by atoms with Crippen LogP contribution in [-0.2, 0) is 10.0 Å². The molecule has 6 heteroatoms. The molecule has 0 fully saturated rings. The van der Waals surface area contributed by atoms with Crippen LogP contribution < -0.4 is 4.72 Å². The second kappa shape index (κ2) is 7.82. The number of hydrogen-bond acceptors (Lipinski definition) is 3. The summed E-state index contributed by atoms with van der Waals surface area (Å²) in [5.74, 6) is -1.27. The largest absolute Gasteiger partial charge is 0.293 e. The van der Waals surface area contributed by atoms with Crippen molar-refractivity contribution >= 4 is 15.8 Å². The van der Waals surface area contributed by atoms with Crippen LogP contribution in [0.5, 0.6) is 0 Å². The van der Waals surface area contributed by atoms with Gasteiger partial charge < -0.3 is 0 Å². The van der Waals surface area contributed by atoms with Gasteiger partial charge in [0.05, 0.1) is 17.0 Å². The number of sulfonamides is 1. The molecule has 0 radical (unpaired) electrons. The number of hydrogen-bond donors (Lipinski definition) is 1. The summed E-state index contributed by atoms with van der Waals surface area (Å²) in [7, 11) is -3.84. The lowest BCUT2D eigenvalue weighted by Gasteiger charge is -2.11. The highest BCUT2D eigenvalue weighted by Crippen LogP contribution is 2.25. The van der Waals surface area contributed by atoms with E-state index in [0.29, 0.717) is 11.1 Å². The van der Waals surface area contributed by atoms with Gasteiger partial charge in [0.2, 0.25) is 10.0 Å². The number of benzene rings is 3. The van der Waals surface area contributed by atoms with E-state index in [9.17, 15) is 17.6 Å². The van der Waals surface area contributed by atoms with E-state index in [1.165, 1.54) is 18.2 Å². The number of halogens is 1. The van der Waals surface area contributed by atoms with E-state index in [1.807, 2.05) is 30.3 Å². The van der Waals surface area contributed by atoms with Gasteiger partial charge in [-0.15, -0.1) is 0 Å². The van der Waals surface area contributed by atoms with Crippen LogP contribution in [0, 0.1) is 12.7 Å². The molecule has 0 amide bonds. The van der Waals surface area contributed by atoms with Gasteiger partial charge in [-0.3, -0.25) is 4.79 Å². The fourth-order valence-corrected chi connectivity index (χ4v) is 3.71. The average molecular weight is 383 g/mol. The van der Waals surface area contributed by atoms with Gasteiger partial charge in [0.1, 0.15) is 5.82 Å². The molecule has 3 rings (SSSR count). The predicted molar refractivity (Wildman–Crippen MR) is 103 cm³/mol. The van der Waals surface area contributed by atoms with Gasteiger partial charge in [0.25, 0.3) is 0 Å². The quantitative estimate of drug-likeness (QED) is 0.656. The van der Waals surface area contributed by atoms with E-state index in [0.717, 1.165) is 5.56 Å². The Balaban J connectivity index is 1.86. The van der Waals surface area contributed by atoms with Crippen LogP contribution in [0.2, 0.25) is 0 Å². The van der Waals surface area contributed by atoms with Crippen molar-refractivity contribution in [1.82, 2.24) is 4.72 Å². The molecule has 0 aliphatic carbocycles. The predicted octanol–water partition coefficient (Wildman–Crippen LogP) is 3.96. The van der Waals surface area contributed by atoms with Crippen molar-refractivity contribution in [3.63, 3.8) is 0 Å². The number of Topliss-reactive ketones (excluding diaryl/α,β-unsaturated/α-hetero) is 1. The van der Waals surface area contributed by atoms with Crippen LogP contribution >= 0.6 is 0 Å². The zero-order chi connectivity index (χ0) is 19.4. The molecule has 0 saturated heterocycles. The van der Waals surface area contributed by atoms with E-state index in [2.05, 4.69) is 4.72 Å². The molecule has 27 heavy (non-hydrogen) atoms. The molecule has 1 N–H and O–H groups in total. The molecule has 0 aromatic heterocycles. The molecule has 0 aliphatic heterocycles. The lowest BCUT2D eigenvalue weighted by Crippen LogP contribution is -2.30. The first-order valence-corrected chi connectivity index (χ1v) is 9.80. The standard InChI is InChI=1S/C21H18FNO3S/c1-15-12-17(16-8-4-2-5-9-16)13-19(21(15)22)20(24)14-23-27(25,26)18-10-6-3-7-11-18/h2-13,23H,14H2,1H3. The molecule has 138 valence electrons. The Labute approximate surface area is 157 Å². The van der Waals surface area contributed by atoms with Crippen molar-refractivity contribution in [3.8, 4) is 11.1 Å². The zero-order valence-electron chi connectivity index (χ0n) is 14.6. The van der Waals surface area contributed by atoms with Crippen LogP contribution in [-0.4, -0.2) is 20.7 Å². The van der Waals surface area contributed by atoms with Crippen LogP contribution in [0.4, 0.5) is 4.39 Å². The summed E-state index contributed by atoms with van der Waals surface area (Å²) >= 11 is 0. The third-order valence-corrected chi connectivity index (χ3v) is 5.56. The van der Waals surface area contributed by atoms with Gasteiger partial charge in [-0.05, 0) is 47.9 Å².